The van der Waals surface area contributed by atoms with E-state index >= 15 is 0 Å². The Bertz CT molecular complexity index is 278. The van der Waals surface area contributed by atoms with E-state index in [9.17, 15) is 19.8 Å². The van der Waals surface area contributed by atoms with Crippen LogP contribution in [0.2, 0.25) is 0 Å². The fourth-order valence-corrected chi connectivity index (χ4v) is 1.84. The first kappa shape index (κ1) is 21.8. The van der Waals surface area contributed by atoms with Crippen LogP contribution in [0.4, 0.5) is 0 Å². The summed E-state index contributed by atoms with van der Waals surface area (Å²) in [5, 5.41) is 23.2. The maximum absolute atomic E-state index is 9.28. The topological polar surface area (TPSA) is 118 Å². The second kappa shape index (κ2) is 12.3. The van der Waals surface area contributed by atoms with Gasteiger partial charge in [-0.05, 0) is 0 Å². The van der Waals surface area contributed by atoms with Crippen molar-refractivity contribution < 1.29 is 40.9 Å². The number of nitrogens with zero attached hydrogens (tertiary/aromatic N) is 1. The van der Waals surface area contributed by atoms with Gasteiger partial charge in [0.2, 0.25) is 0 Å². The molecule has 0 aromatic rings. The van der Waals surface area contributed by atoms with Gasteiger partial charge in [-0.1, -0.05) is 46.0 Å². The number of aliphatic carboxylic acids is 2. The van der Waals surface area contributed by atoms with Gasteiger partial charge in [0.15, 0.2) is 0 Å². The summed E-state index contributed by atoms with van der Waals surface area (Å²) in [5.74, 6) is -3.25. The first-order valence-corrected chi connectivity index (χ1v) is 6.67. The van der Waals surface area contributed by atoms with Gasteiger partial charge in [0.05, 0.1) is 0 Å². The van der Waals surface area contributed by atoms with E-state index < -0.39 is 18.4 Å². The van der Waals surface area contributed by atoms with Crippen molar-refractivity contribution in [2.75, 3.05) is 0 Å². The van der Waals surface area contributed by atoms with E-state index in [0.29, 0.717) is 12.1 Å². The Morgan fingerprint density at radius 1 is 1.25 bits per heavy atom. The monoisotopic (exact) mass is 465 g/mol. The quantitative estimate of drug-likeness (QED) is 0.546. The Morgan fingerprint density at radius 3 is 2.10 bits per heavy atom. The molecule has 0 radical (unpaired) electrons. The minimum Gasteiger partial charge on any atom is -0.676 e. The van der Waals surface area contributed by atoms with Crippen LogP contribution >= 0.6 is 0 Å². The summed E-state index contributed by atoms with van der Waals surface area (Å²) in [6.07, 6.45) is 4.81. The third kappa shape index (κ3) is 11.4. The molecule has 0 aromatic carbocycles. The van der Waals surface area contributed by atoms with Crippen LogP contribution in [0.25, 0.3) is 11.1 Å². The second-order valence-electron chi connectivity index (χ2n) is 4.79. The van der Waals surface area contributed by atoms with Crippen LogP contribution in [0.15, 0.2) is 0 Å². The van der Waals surface area contributed by atoms with Gasteiger partial charge in [-0.2, -0.15) is 12.1 Å². The van der Waals surface area contributed by atoms with Crippen molar-refractivity contribution in [2.45, 2.75) is 70.5 Å². The fourth-order valence-electron chi connectivity index (χ4n) is 1.84. The molecule has 0 bridgehead atoms. The summed E-state index contributed by atoms with van der Waals surface area (Å²) in [5.41, 5.74) is 7.80. The Hall–Kier alpha value is -0.452. The van der Waals surface area contributed by atoms with Crippen LogP contribution in [-0.4, -0.2) is 30.1 Å². The molecule has 0 aromatic heterocycles. The average Bonchev–Trinajstić information content (AvgIpc) is 2.31. The number of hydrogen-bond donors (Lipinski definition) is 0. The fraction of sp³-hybridized carbons (Fsp3) is 0.846. The van der Waals surface area contributed by atoms with Gasteiger partial charge in [-0.25, -0.2) is 0 Å². The normalized spacial score (nSPS) is 22.8. The van der Waals surface area contributed by atoms with Gasteiger partial charge in [0.1, 0.15) is 0 Å². The molecule has 118 valence electrons. The standard InChI is InChI=1S/C10H20N2.C3H4O4.Pt/c1-3-8(2)12-10-7-5-4-6-9(10)11;4-2(5)1-3(6)7;/h8-11H,3-7H2,1-2H3;1H2,(H,4,5)(H,6,7);/q-2;;+4/p-2/t8?,9-,10-;;/m1../s1. The second-order valence-corrected chi connectivity index (χ2v) is 4.79. The van der Waals surface area contributed by atoms with Gasteiger partial charge in [0, 0.05) is 18.4 Å². The molecule has 20 heavy (non-hydrogen) atoms. The molecule has 1 rings (SSSR count). The molecular formula is C13H22N2O4Pt. The van der Waals surface area contributed by atoms with Crippen molar-refractivity contribution >= 4 is 11.9 Å². The molecule has 1 aliphatic rings. The molecule has 3 atom stereocenters. The first-order valence-electron chi connectivity index (χ1n) is 6.67. The zero-order chi connectivity index (χ0) is 14.8. The molecule has 6 nitrogen and oxygen atoms in total. The van der Waals surface area contributed by atoms with E-state index in [1.807, 2.05) is 0 Å². The van der Waals surface area contributed by atoms with Crippen LogP contribution in [0.1, 0.15) is 52.4 Å². The van der Waals surface area contributed by atoms with Crippen LogP contribution in [0.5, 0.6) is 0 Å². The molecule has 1 unspecified atom stereocenters. The zero-order valence-corrected chi connectivity index (χ0v) is 14.1. The predicted molar refractivity (Wildman–Crippen MR) is 68.1 cm³/mol. The number of carbonyl (C=O) groups is 2. The molecule has 1 saturated carbocycles. The van der Waals surface area contributed by atoms with Crippen molar-refractivity contribution in [3.63, 3.8) is 0 Å². The van der Waals surface area contributed by atoms with Crippen molar-refractivity contribution in [2.24, 2.45) is 0 Å². The Labute approximate surface area is 134 Å². The average molecular weight is 465 g/mol. The van der Waals surface area contributed by atoms with Crippen LogP contribution in [0, 0.1) is 0 Å². The van der Waals surface area contributed by atoms with Gasteiger partial charge in [-0.3, -0.25) is 0 Å². The number of carbonyl (C=O) groups excluding carboxylic acids is 2. The minimum absolute atomic E-state index is 0. The van der Waals surface area contributed by atoms with Gasteiger partial charge < -0.3 is 30.9 Å². The molecular weight excluding hydrogens is 443 g/mol. The first-order chi connectivity index (χ1) is 8.86. The predicted octanol–water partition coefficient (Wildman–Crippen LogP) is 0.396. The molecule has 1 aliphatic carbocycles. The summed E-state index contributed by atoms with van der Waals surface area (Å²) >= 11 is 0. The third-order valence-corrected chi connectivity index (χ3v) is 3.05. The van der Waals surface area contributed by atoms with E-state index in [-0.39, 0.29) is 27.1 Å². The number of carboxylic acid groups (broad SMARTS) is 2. The number of hydrogen-bond acceptors (Lipinski definition) is 4. The molecule has 1 N–H and O–H groups in total. The van der Waals surface area contributed by atoms with Crippen LogP contribution in [0.3, 0.4) is 0 Å². The van der Waals surface area contributed by atoms with Crippen molar-refractivity contribution in [1.29, 1.82) is 0 Å². The smallest absolute Gasteiger partial charge is 0.676 e. The number of nitrogens with one attached hydrogen (secondary N) is 1. The molecule has 1 fully saturated rings. The summed E-state index contributed by atoms with van der Waals surface area (Å²) in [4.78, 5) is 18.6. The third-order valence-electron chi connectivity index (χ3n) is 3.05. The Balaban J connectivity index is 0. The van der Waals surface area contributed by atoms with E-state index in [0.717, 1.165) is 19.3 Å². The van der Waals surface area contributed by atoms with Gasteiger partial charge >= 0.3 is 21.1 Å². The van der Waals surface area contributed by atoms with E-state index in [4.69, 9.17) is 5.73 Å². The van der Waals surface area contributed by atoms with Crippen molar-refractivity contribution in [3.8, 4) is 0 Å². The molecule has 0 aliphatic heterocycles. The SMILES string of the molecule is CCC(C)[N-][C@@H]1CCCC[C@H]1[NH-].O=C([O-])CC(=O)[O-].[Pt+4]. The largest absolute Gasteiger partial charge is 4.00 e. The van der Waals surface area contributed by atoms with Crippen LogP contribution < -0.4 is 10.2 Å². The van der Waals surface area contributed by atoms with Crippen molar-refractivity contribution in [1.82, 2.24) is 0 Å². The summed E-state index contributed by atoms with van der Waals surface area (Å²) in [6, 6.07) is 0.891. The van der Waals surface area contributed by atoms with Crippen LogP contribution in [-0.2, 0) is 30.7 Å². The zero-order valence-electron chi connectivity index (χ0n) is 11.9. The van der Waals surface area contributed by atoms with E-state index in [2.05, 4.69) is 19.2 Å². The van der Waals surface area contributed by atoms with Gasteiger partial charge in [0.25, 0.3) is 0 Å². The molecule has 7 heteroatoms. The summed E-state index contributed by atoms with van der Waals surface area (Å²) < 4.78 is 0. The summed E-state index contributed by atoms with van der Waals surface area (Å²) in [6.45, 7) is 4.32. The maximum Gasteiger partial charge on any atom is 4.00 e. The molecule has 0 amide bonds. The van der Waals surface area contributed by atoms with Crippen molar-refractivity contribution in [3.05, 3.63) is 11.1 Å². The number of rotatable bonds is 5. The van der Waals surface area contributed by atoms with E-state index in [1.54, 1.807) is 0 Å². The number of carboxylic acids is 2. The van der Waals surface area contributed by atoms with Gasteiger partial charge in [-0.15, -0.1) is 6.04 Å². The van der Waals surface area contributed by atoms with E-state index in [1.165, 1.54) is 12.8 Å². The molecule has 0 spiro atoms. The molecule has 0 heterocycles. The Morgan fingerprint density at radius 2 is 1.75 bits per heavy atom. The summed E-state index contributed by atoms with van der Waals surface area (Å²) in [7, 11) is 0. The maximum atomic E-state index is 9.28. The minimum atomic E-state index is -1.63. The molecule has 0 saturated heterocycles. The Kier molecular flexibility index (Phi) is 13.4.